The van der Waals surface area contributed by atoms with E-state index in [1.807, 2.05) is 45.0 Å². The predicted molar refractivity (Wildman–Crippen MR) is 207 cm³/mol. The summed E-state index contributed by atoms with van der Waals surface area (Å²) in [7, 11) is 0. The van der Waals surface area contributed by atoms with Gasteiger partial charge >= 0.3 is 6.09 Å². The van der Waals surface area contributed by atoms with Gasteiger partial charge in [-0.2, -0.15) is 5.26 Å². The van der Waals surface area contributed by atoms with Crippen LogP contribution in [-0.4, -0.2) is 70.7 Å². The number of nitriles is 1. The van der Waals surface area contributed by atoms with Gasteiger partial charge in [0.1, 0.15) is 42.1 Å². The van der Waals surface area contributed by atoms with Gasteiger partial charge in [0.2, 0.25) is 0 Å². The first-order chi connectivity index (χ1) is 25.9. The molecule has 1 atom stereocenters. The molecule has 2 heterocycles. The molecule has 0 spiro atoms. The Labute approximate surface area is 322 Å². The SMILES string of the molecule is Cc1c(COc2cc(OCc3cncc(C#N)c3)c(CNC(CO)CO)cc2Cl)cccc1-c1cccc(OC[C@H]2CCN(C(=O)OC(C)(C)C)C2)c1C. The second-order valence-corrected chi connectivity index (χ2v) is 14.9. The van der Waals surface area contributed by atoms with E-state index in [9.17, 15) is 20.3 Å². The number of carbonyl (C=O) groups excluding carboxylic acids is 1. The fourth-order valence-electron chi connectivity index (χ4n) is 6.21. The molecule has 12 heteroatoms. The number of nitrogens with one attached hydrogen (secondary N) is 1. The molecule has 1 aliphatic heterocycles. The highest BCUT2D eigenvalue weighted by Crippen LogP contribution is 2.36. The van der Waals surface area contributed by atoms with Crippen LogP contribution in [-0.2, 0) is 24.5 Å². The molecular weight excluding hydrogens is 708 g/mol. The predicted octanol–water partition coefficient (Wildman–Crippen LogP) is 7.13. The van der Waals surface area contributed by atoms with Gasteiger partial charge in [-0.15, -0.1) is 0 Å². The molecule has 0 unspecified atom stereocenters. The van der Waals surface area contributed by atoms with Crippen molar-refractivity contribution in [1.82, 2.24) is 15.2 Å². The fraction of sp³-hybridized carbons (Fsp3) is 0.405. The van der Waals surface area contributed by atoms with Crippen LogP contribution in [0.1, 0.15) is 60.6 Å². The number of rotatable bonds is 15. The molecule has 54 heavy (non-hydrogen) atoms. The van der Waals surface area contributed by atoms with Crippen molar-refractivity contribution in [3.8, 4) is 34.4 Å². The number of aliphatic hydroxyl groups excluding tert-OH is 2. The van der Waals surface area contributed by atoms with Gasteiger partial charge in [0, 0.05) is 55.1 Å². The third-order valence-corrected chi connectivity index (χ3v) is 9.57. The molecule has 1 amide bonds. The van der Waals surface area contributed by atoms with Gasteiger partial charge in [0.15, 0.2) is 0 Å². The van der Waals surface area contributed by atoms with E-state index in [2.05, 4.69) is 42.4 Å². The van der Waals surface area contributed by atoms with Crippen molar-refractivity contribution in [1.29, 1.82) is 5.26 Å². The second kappa shape index (κ2) is 18.5. The van der Waals surface area contributed by atoms with Crippen LogP contribution in [0.15, 0.2) is 67.0 Å². The average Bonchev–Trinajstić information content (AvgIpc) is 3.63. The normalized spacial score (nSPS) is 14.2. The largest absolute Gasteiger partial charge is 0.493 e. The van der Waals surface area contributed by atoms with Crippen molar-refractivity contribution in [2.75, 3.05) is 32.9 Å². The smallest absolute Gasteiger partial charge is 0.410 e. The summed E-state index contributed by atoms with van der Waals surface area (Å²) in [4.78, 5) is 18.4. The van der Waals surface area contributed by atoms with E-state index in [0.29, 0.717) is 47.3 Å². The fourth-order valence-corrected chi connectivity index (χ4v) is 6.45. The number of aromatic nitrogens is 1. The van der Waals surface area contributed by atoms with E-state index in [4.69, 9.17) is 30.5 Å². The van der Waals surface area contributed by atoms with E-state index in [0.717, 1.165) is 45.6 Å². The van der Waals surface area contributed by atoms with Gasteiger partial charge in [0.05, 0.1) is 36.4 Å². The third kappa shape index (κ3) is 10.6. The summed E-state index contributed by atoms with van der Waals surface area (Å²) in [5, 5.41) is 31.9. The minimum absolute atomic E-state index is 0.147. The summed E-state index contributed by atoms with van der Waals surface area (Å²) in [6, 6.07) is 18.9. The van der Waals surface area contributed by atoms with Gasteiger partial charge in [-0.3, -0.25) is 4.98 Å². The first-order valence-electron chi connectivity index (χ1n) is 18.0. The van der Waals surface area contributed by atoms with Crippen LogP contribution in [0.3, 0.4) is 0 Å². The molecule has 286 valence electrons. The Bertz CT molecular complexity index is 1950. The maximum atomic E-state index is 12.5. The number of hydrogen-bond acceptors (Lipinski definition) is 10. The Morgan fingerprint density at radius 2 is 1.69 bits per heavy atom. The molecule has 0 aliphatic carbocycles. The molecular formula is C42H49ClN4O7. The number of pyridine rings is 1. The van der Waals surface area contributed by atoms with E-state index >= 15 is 0 Å². The molecule has 3 N–H and O–H groups in total. The molecule has 3 aromatic carbocycles. The van der Waals surface area contributed by atoms with Gasteiger partial charge in [-0.05, 0) is 87.1 Å². The lowest BCUT2D eigenvalue weighted by Crippen LogP contribution is -2.35. The number of carbonyl (C=O) groups is 1. The lowest BCUT2D eigenvalue weighted by molar-refractivity contribution is 0.0284. The van der Waals surface area contributed by atoms with E-state index in [-0.39, 0.29) is 45.0 Å². The molecule has 1 aromatic heterocycles. The van der Waals surface area contributed by atoms with Crippen LogP contribution in [0.25, 0.3) is 11.1 Å². The quantitative estimate of drug-likeness (QED) is 0.115. The number of amides is 1. The Morgan fingerprint density at radius 1 is 0.963 bits per heavy atom. The van der Waals surface area contributed by atoms with Crippen molar-refractivity contribution in [2.45, 2.75) is 72.4 Å². The van der Waals surface area contributed by atoms with E-state index in [1.54, 1.807) is 29.3 Å². The molecule has 5 rings (SSSR count). The number of benzene rings is 3. The second-order valence-electron chi connectivity index (χ2n) is 14.5. The van der Waals surface area contributed by atoms with Crippen LogP contribution < -0.4 is 19.5 Å². The topological polar surface area (TPSA) is 146 Å². The monoisotopic (exact) mass is 756 g/mol. The van der Waals surface area contributed by atoms with Crippen molar-refractivity contribution in [2.24, 2.45) is 5.92 Å². The Hall–Kier alpha value is -4.86. The number of aliphatic hydroxyl groups is 2. The highest BCUT2D eigenvalue weighted by atomic mass is 35.5. The van der Waals surface area contributed by atoms with Crippen LogP contribution in [0.2, 0.25) is 5.02 Å². The summed E-state index contributed by atoms with van der Waals surface area (Å²) in [6.07, 6.45) is 3.70. The molecule has 1 saturated heterocycles. The standard InChI is InChI=1S/C42H49ClN4O7/c1-27-32(8-6-9-35(27)36-10-7-11-38(28(36)2)51-24-29-12-13-47(21-29)41(50)54-42(3,4)5)26-53-40-16-39(52-25-31-14-30(17-44)18-45-19-31)33(15-37(40)43)20-46-34(22-48)23-49/h6-11,14-16,18-19,29,34,46,48-49H,12-13,20-26H2,1-5H3/t29-/m0/s1. The average molecular weight is 757 g/mol. The zero-order valence-corrected chi connectivity index (χ0v) is 32.3. The number of hydrogen-bond donors (Lipinski definition) is 3. The lowest BCUT2D eigenvalue weighted by Gasteiger charge is -2.24. The molecule has 11 nitrogen and oxygen atoms in total. The molecule has 0 bridgehead atoms. The van der Waals surface area contributed by atoms with Crippen LogP contribution >= 0.6 is 11.6 Å². The number of ether oxygens (including phenoxy) is 4. The zero-order chi connectivity index (χ0) is 38.8. The van der Waals surface area contributed by atoms with Crippen molar-refractivity contribution in [3.05, 3.63) is 105 Å². The van der Waals surface area contributed by atoms with Crippen LogP contribution in [0, 0.1) is 31.1 Å². The first-order valence-corrected chi connectivity index (χ1v) is 18.4. The van der Waals surface area contributed by atoms with Gasteiger partial charge in [0.25, 0.3) is 0 Å². The summed E-state index contributed by atoms with van der Waals surface area (Å²) < 4.78 is 24.4. The summed E-state index contributed by atoms with van der Waals surface area (Å²) in [5.41, 5.74) is 6.48. The Kier molecular flexibility index (Phi) is 13.8. The van der Waals surface area contributed by atoms with Crippen LogP contribution in [0.5, 0.6) is 17.2 Å². The highest BCUT2D eigenvalue weighted by molar-refractivity contribution is 6.32. The van der Waals surface area contributed by atoms with Gasteiger partial charge in [-0.1, -0.05) is 41.9 Å². The van der Waals surface area contributed by atoms with Crippen LogP contribution in [0.4, 0.5) is 4.79 Å². The van der Waals surface area contributed by atoms with E-state index < -0.39 is 11.6 Å². The summed E-state index contributed by atoms with van der Waals surface area (Å²) >= 11 is 6.75. The number of likely N-dealkylation sites (tertiary alicyclic amines) is 1. The molecule has 0 saturated carbocycles. The highest BCUT2D eigenvalue weighted by Gasteiger charge is 2.30. The summed E-state index contributed by atoms with van der Waals surface area (Å²) in [6.45, 7) is 11.7. The molecule has 4 aromatic rings. The molecule has 1 aliphatic rings. The minimum atomic E-state index is -0.528. The third-order valence-electron chi connectivity index (χ3n) is 9.27. The molecule has 1 fully saturated rings. The van der Waals surface area contributed by atoms with E-state index in [1.165, 1.54) is 6.20 Å². The first kappa shape index (κ1) is 40.3. The maximum absolute atomic E-state index is 12.5. The maximum Gasteiger partial charge on any atom is 0.410 e. The van der Waals surface area contributed by atoms with Gasteiger partial charge < -0.3 is 39.4 Å². The zero-order valence-electron chi connectivity index (χ0n) is 31.5. The summed E-state index contributed by atoms with van der Waals surface area (Å²) in [5.74, 6) is 1.94. The Morgan fingerprint density at radius 3 is 2.41 bits per heavy atom. The van der Waals surface area contributed by atoms with Crippen molar-refractivity contribution in [3.63, 3.8) is 0 Å². The Balaban J connectivity index is 1.29. The lowest BCUT2D eigenvalue weighted by atomic mass is 9.93. The molecule has 0 radical (unpaired) electrons. The van der Waals surface area contributed by atoms with Gasteiger partial charge in [-0.25, -0.2) is 4.79 Å². The van der Waals surface area contributed by atoms with Crippen molar-refractivity contribution < 1.29 is 34.0 Å². The van der Waals surface area contributed by atoms with Crippen molar-refractivity contribution >= 4 is 17.7 Å². The minimum Gasteiger partial charge on any atom is -0.493 e. The number of nitrogens with zero attached hydrogens (tertiary/aromatic N) is 3. The number of halogens is 1.